The molecule has 328 valence electrons. The van der Waals surface area contributed by atoms with Crippen LogP contribution in [0.1, 0.15) is 22.5 Å². The Morgan fingerprint density at radius 1 is 0.538 bits per heavy atom. The number of rotatable bonds is 6. The first-order chi connectivity index (χ1) is 31.2. The molecule has 0 spiro atoms. The van der Waals surface area contributed by atoms with Crippen LogP contribution in [-0.4, -0.2) is 49.8 Å². The van der Waals surface area contributed by atoms with Crippen LogP contribution in [0.5, 0.6) is 0 Å². The molecule has 0 radical (unpaired) electrons. The largest absolute Gasteiger partial charge is 0.417 e. The average molecular weight is 946 g/mol. The van der Waals surface area contributed by atoms with Crippen molar-refractivity contribution in [1.82, 2.24) is 49.8 Å². The summed E-state index contributed by atoms with van der Waals surface area (Å²) < 4.78 is 81.0. The van der Waals surface area contributed by atoms with Gasteiger partial charge in [-0.25, -0.2) is 39.9 Å². The molecular formula is C44H29Cl3F6N12. The molecule has 21 heteroatoms. The number of para-hydroxylation sites is 3. The van der Waals surface area contributed by atoms with Gasteiger partial charge in [-0.3, -0.25) is 0 Å². The van der Waals surface area contributed by atoms with Crippen LogP contribution in [-0.2, 0) is 25.4 Å². The van der Waals surface area contributed by atoms with Crippen LogP contribution in [0.2, 0.25) is 15.1 Å². The minimum Gasteiger partial charge on any atom is -0.362 e. The number of aromatic amines is 2. The third-order valence-electron chi connectivity index (χ3n) is 9.65. The standard InChI is InChI=1S/C21H13ClF3N7.C16H11ClF3N3.C7H5ClN2/c22-13-6-3-7-14-17(13)32-16(11-4-1-2-5-12(11)21(23,24)25)15(31-14)8-26-19-18-20(28-9-27-18)30-10-29-19;17-11-6-3-7-12-15(11)23-14(13(8-21)22-12)9-4-1-2-5-10(9)16(18,19)20;8-5-2-1-3-6-7(5)10-4-9-6/h1-7,9-10H,8H2,(H2,26,27,28,29,30);1-7H,8,21H2;1-4H,(H,9,10). The van der Waals surface area contributed by atoms with Crippen LogP contribution in [0, 0.1) is 0 Å². The minimum absolute atomic E-state index is 0.0308. The topological polar surface area (TPSA) is 173 Å². The highest BCUT2D eigenvalue weighted by Gasteiger charge is 2.35. The highest BCUT2D eigenvalue weighted by atomic mass is 35.5. The van der Waals surface area contributed by atoms with Gasteiger partial charge in [-0.2, -0.15) is 26.3 Å². The van der Waals surface area contributed by atoms with Gasteiger partial charge >= 0.3 is 12.4 Å². The summed E-state index contributed by atoms with van der Waals surface area (Å²) in [5, 5.41) is 4.42. The molecule has 0 fully saturated rings. The van der Waals surface area contributed by atoms with Gasteiger partial charge < -0.3 is 21.0 Å². The van der Waals surface area contributed by atoms with Gasteiger partial charge in [0.2, 0.25) is 0 Å². The lowest BCUT2D eigenvalue weighted by molar-refractivity contribution is -0.137. The first-order valence-corrected chi connectivity index (χ1v) is 20.2. The molecule has 10 rings (SSSR count). The van der Waals surface area contributed by atoms with E-state index in [0.29, 0.717) is 59.8 Å². The molecule has 0 saturated carbocycles. The Hall–Kier alpha value is -6.99. The summed E-state index contributed by atoms with van der Waals surface area (Å²) >= 11 is 18.2. The highest BCUT2D eigenvalue weighted by Crippen LogP contribution is 2.40. The summed E-state index contributed by atoms with van der Waals surface area (Å²) in [6.45, 7) is 0.0269. The summed E-state index contributed by atoms with van der Waals surface area (Å²) in [5.41, 5.74) is 9.18. The Kier molecular flexibility index (Phi) is 12.8. The predicted octanol–water partition coefficient (Wildman–Crippen LogP) is 11.9. The van der Waals surface area contributed by atoms with Crippen molar-refractivity contribution in [2.75, 3.05) is 5.32 Å². The number of aromatic nitrogens is 10. The SMILES string of the molecule is Clc1cccc2[nH]cnc12.FC(F)(F)c1ccccc1-c1nc2c(Cl)cccc2nc1CNc1ncnc2nc[nH]c12.NCc1nc2cccc(Cl)c2nc1-c1ccccc1C(F)(F)F. The molecule has 5 heterocycles. The molecule has 10 aromatic rings. The van der Waals surface area contributed by atoms with Crippen LogP contribution in [0.3, 0.4) is 0 Å². The van der Waals surface area contributed by atoms with E-state index in [1.165, 1.54) is 49.1 Å². The first-order valence-electron chi connectivity index (χ1n) is 19.1. The van der Waals surface area contributed by atoms with Crippen molar-refractivity contribution in [3.05, 3.63) is 160 Å². The molecule has 0 bridgehead atoms. The normalized spacial score (nSPS) is 11.7. The number of hydrogen-bond donors (Lipinski definition) is 4. The second-order valence-corrected chi connectivity index (χ2v) is 15.0. The van der Waals surface area contributed by atoms with Crippen LogP contribution in [0.25, 0.3) is 66.8 Å². The number of imidazole rings is 2. The molecule has 0 saturated heterocycles. The number of nitrogens with two attached hydrogens (primary N) is 1. The zero-order chi connectivity index (χ0) is 45.9. The molecule has 5 aromatic heterocycles. The van der Waals surface area contributed by atoms with E-state index < -0.39 is 23.5 Å². The van der Waals surface area contributed by atoms with Crippen molar-refractivity contribution in [1.29, 1.82) is 0 Å². The quantitative estimate of drug-likeness (QED) is 0.118. The predicted molar refractivity (Wildman–Crippen MR) is 238 cm³/mol. The molecule has 65 heavy (non-hydrogen) atoms. The Morgan fingerprint density at radius 3 is 1.63 bits per heavy atom. The van der Waals surface area contributed by atoms with E-state index in [-0.39, 0.29) is 41.3 Å². The molecule has 0 aliphatic heterocycles. The maximum Gasteiger partial charge on any atom is 0.417 e. The minimum atomic E-state index is -4.56. The summed E-state index contributed by atoms with van der Waals surface area (Å²) in [6.07, 6.45) is -4.60. The summed E-state index contributed by atoms with van der Waals surface area (Å²) in [4.78, 5) is 39.9. The molecule has 5 aromatic carbocycles. The number of nitrogens with one attached hydrogen (secondary N) is 3. The van der Waals surface area contributed by atoms with E-state index in [4.69, 9.17) is 40.5 Å². The fraction of sp³-hybridized carbons (Fsp3) is 0.0909. The van der Waals surface area contributed by atoms with Gasteiger partial charge in [0.05, 0.1) is 84.7 Å². The molecule has 0 amide bonds. The van der Waals surface area contributed by atoms with Gasteiger partial charge in [0, 0.05) is 17.7 Å². The maximum atomic E-state index is 13.7. The number of fused-ring (bicyclic) bond motifs is 4. The summed E-state index contributed by atoms with van der Waals surface area (Å²) in [5.74, 6) is 0.440. The van der Waals surface area contributed by atoms with Crippen LogP contribution >= 0.6 is 34.8 Å². The van der Waals surface area contributed by atoms with E-state index in [0.717, 1.165) is 23.2 Å². The van der Waals surface area contributed by atoms with Gasteiger partial charge in [-0.15, -0.1) is 0 Å². The Morgan fingerprint density at radius 2 is 1.06 bits per heavy atom. The zero-order valence-electron chi connectivity index (χ0n) is 33.0. The van der Waals surface area contributed by atoms with Gasteiger partial charge in [0.15, 0.2) is 11.5 Å². The van der Waals surface area contributed by atoms with E-state index in [1.807, 2.05) is 18.2 Å². The maximum absolute atomic E-state index is 13.7. The van der Waals surface area contributed by atoms with E-state index in [9.17, 15) is 26.3 Å². The van der Waals surface area contributed by atoms with Crippen LogP contribution < -0.4 is 11.1 Å². The molecule has 5 N–H and O–H groups in total. The number of nitrogens with zero attached hydrogens (tertiary/aromatic N) is 8. The monoisotopic (exact) mass is 944 g/mol. The molecule has 12 nitrogen and oxygen atoms in total. The second-order valence-electron chi connectivity index (χ2n) is 13.8. The van der Waals surface area contributed by atoms with Crippen LogP contribution in [0.4, 0.5) is 32.2 Å². The third-order valence-corrected chi connectivity index (χ3v) is 10.6. The van der Waals surface area contributed by atoms with E-state index in [2.05, 4.69) is 55.2 Å². The number of hydrogen-bond acceptors (Lipinski definition) is 10. The van der Waals surface area contributed by atoms with Gasteiger partial charge in [-0.05, 0) is 48.5 Å². The van der Waals surface area contributed by atoms with Gasteiger partial charge in [0.1, 0.15) is 28.4 Å². The fourth-order valence-corrected chi connectivity index (χ4v) is 7.37. The second kappa shape index (κ2) is 18.6. The van der Waals surface area contributed by atoms with Crippen molar-refractivity contribution in [2.24, 2.45) is 5.73 Å². The number of benzene rings is 5. The lowest BCUT2D eigenvalue weighted by Crippen LogP contribution is -2.11. The van der Waals surface area contributed by atoms with Gasteiger partial charge in [-0.1, -0.05) is 89.4 Å². The van der Waals surface area contributed by atoms with Crippen molar-refractivity contribution in [2.45, 2.75) is 25.4 Å². The van der Waals surface area contributed by atoms with Crippen molar-refractivity contribution in [3.63, 3.8) is 0 Å². The van der Waals surface area contributed by atoms with Crippen molar-refractivity contribution < 1.29 is 26.3 Å². The average Bonchev–Trinajstić information content (AvgIpc) is 4.00. The Balaban J connectivity index is 0.000000151. The van der Waals surface area contributed by atoms with Crippen molar-refractivity contribution in [3.8, 4) is 22.5 Å². The molecule has 0 unspecified atom stereocenters. The lowest BCUT2D eigenvalue weighted by Gasteiger charge is -2.16. The number of alkyl halides is 6. The Bertz CT molecular complexity index is 3320. The van der Waals surface area contributed by atoms with E-state index in [1.54, 1.807) is 42.7 Å². The number of H-pyrrole nitrogens is 2. The number of halogens is 9. The smallest absolute Gasteiger partial charge is 0.362 e. The summed E-state index contributed by atoms with van der Waals surface area (Å²) in [6, 6.07) is 26.1. The molecule has 0 aliphatic rings. The van der Waals surface area contributed by atoms with Gasteiger partial charge in [0.25, 0.3) is 0 Å². The zero-order valence-corrected chi connectivity index (χ0v) is 35.3. The van der Waals surface area contributed by atoms with Crippen molar-refractivity contribution >= 4 is 84.9 Å². The molecular weight excluding hydrogens is 917 g/mol. The Labute approximate surface area is 378 Å². The first kappa shape index (κ1) is 44.6. The summed E-state index contributed by atoms with van der Waals surface area (Å²) in [7, 11) is 0. The lowest BCUT2D eigenvalue weighted by atomic mass is 10.0. The fourth-order valence-electron chi connectivity index (χ4n) is 6.73. The molecule has 0 aliphatic carbocycles. The molecule has 0 atom stereocenters. The van der Waals surface area contributed by atoms with E-state index >= 15 is 0 Å². The van der Waals surface area contributed by atoms with Crippen LogP contribution in [0.15, 0.2) is 122 Å². The number of anilines is 1. The third kappa shape index (κ3) is 9.61. The highest BCUT2D eigenvalue weighted by molar-refractivity contribution is 6.35.